The number of carbonyl (C=O) groups excluding carboxylic acids is 3. The highest BCUT2D eigenvalue weighted by Gasteiger charge is 2.54. The summed E-state index contributed by atoms with van der Waals surface area (Å²) < 4.78 is 6.51. The number of Topliss-reactive ketones (excluding diaryl/α,β-unsaturated/α-hetero) is 2. The van der Waals surface area contributed by atoms with Crippen LogP contribution in [0.25, 0.3) is 0 Å². The summed E-state index contributed by atoms with van der Waals surface area (Å²) in [5, 5.41) is 0. The lowest BCUT2D eigenvalue weighted by atomic mass is 9.53. The topological polar surface area (TPSA) is 60.4 Å². The molecule has 5 atom stereocenters. The fraction of sp³-hybridized carbons (Fsp3) is 0.767. The first-order chi connectivity index (χ1) is 15.6. The van der Waals surface area contributed by atoms with E-state index in [1.807, 2.05) is 34.6 Å². The molecule has 0 amide bonds. The molecule has 0 aromatic heterocycles. The zero-order valence-corrected chi connectivity index (χ0v) is 22.6. The van der Waals surface area contributed by atoms with Gasteiger partial charge in [0.05, 0.1) is 6.10 Å². The van der Waals surface area contributed by atoms with Crippen molar-refractivity contribution in [3.05, 3.63) is 22.8 Å². The van der Waals surface area contributed by atoms with Crippen molar-refractivity contribution < 1.29 is 19.1 Å². The molecular weight excluding hydrogens is 424 g/mol. The van der Waals surface area contributed by atoms with Gasteiger partial charge in [-0.1, -0.05) is 26.3 Å². The van der Waals surface area contributed by atoms with Gasteiger partial charge in [0.25, 0.3) is 0 Å². The minimum atomic E-state index is -0.712. The molecule has 0 spiro atoms. The molecule has 2 saturated carbocycles. The van der Waals surface area contributed by atoms with Crippen molar-refractivity contribution in [2.75, 3.05) is 0 Å². The van der Waals surface area contributed by atoms with Gasteiger partial charge in [-0.25, -0.2) is 0 Å². The minimum absolute atomic E-state index is 0.0460. The summed E-state index contributed by atoms with van der Waals surface area (Å²) in [5.74, 6) is 1.49. The van der Waals surface area contributed by atoms with Crippen molar-refractivity contribution >= 4 is 17.3 Å². The van der Waals surface area contributed by atoms with Crippen LogP contribution in [0.3, 0.4) is 0 Å². The molecule has 1 heterocycles. The molecule has 0 bridgehead atoms. The third-order valence-corrected chi connectivity index (χ3v) is 10.4. The molecular formula is C30H44O4. The minimum Gasteiger partial charge on any atom is -0.364 e. The summed E-state index contributed by atoms with van der Waals surface area (Å²) in [6.07, 6.45) is 8.62. The van der Waals surface area contributed by atoms with E-state index < -0.39 is 11.0 Å². The van der Waals surface area contributed by atoms with Crippen molar-refractivity contribution in [2.24, 2.45) is 28.1 Å². The molecule has 4 rings (SSSR count). The number of rotatable bonds is 3. The molecule has 1 aliphatic heterocycles. The maximum absolute atomic E-state index is 13.1. The SMILES string of the molecule is CC1=C(CC[C@@H]2[C@H](C)CC[C@@H]3OC(C)(C)C(=O)CC[C@]32C)[C@@]2(C)CCC(=O)C(C)(C)C2=CC1=O. The van der Waals surface area contributed by atoms with Gasteiger partial charge >= 0.3 is 0 Å². The summed E-state index contributed by atoms with van der Waals surface area (Å²) >= 11 is 0. The largest absolute Gasteiger partial charge is 0.364 e. The predicted molar refractivity (Wildman–Crippen MR) is 134 cm³/mol. The van der Waals surface area contributed by atoms with Gasteiger partial charge in [-0.15, -0.1) is 0 Å². The molecule has 1 saturated heterocycles. The smallest absolute Gasteiger partial charge is 0.181 e. The van der Waals surface area contributed by atoms with Crippen LogP contribution in [0.2, 0.25) is 0 Å². The van der Waals surface area contributed by atoms with Gasteiger partial charge in [-0.2, -0.15) is 0 Å². The van der Waals surface area contributed by atoms with Crippen molar-refractivity contribution in [2.45, 2.75) is 118 Å². The molecule has 0 aromatic rings. The number of ether oxygens (including phenoxy) is 1. The number of ketones is 3. The summed E-state index contributed by atoms with van der Waals surface area (Å²) in [7, 11) is 0. The lowest BCUT2D eigenvalue weighted by Gasteiger charge is -2.52. The Labute approximate surface area is 206 Å². The molecule has 4 nitrogen and oxygen atoms in total. The molecule has 188 valence electrons. The molecule has 0 N–H and O–H groups in total. The first kappa shape index (κ1) is 25.5. The maximum Gasteiger partial charge on any atom is 0.181 e. The van der Waals surface area contributed by atoms with E-state index >= 15 is 0 Å². The Kier molecular flexibility index (Phi) is 6.20. The summed E-state index contributed by atoms with van der Waals surface area (Å²) in [5.41, 5.74) is 1.53. The van der Waals surface area contributed by atoms with Crippen molar-refractivity contribution in [3.8, 4) is 0 Å². The Morgan fingerprint density at radius 3 is 2.26 bits per heavy atom. The second-order valence-electron chi connectivity index (χ2n) is 13.2. The number of hydrogen-bond acceptors (Lipinski definition) is 4. The monoisotopic (exact) mass is 468 g/mol. The Balaban J connectivity index is 1.64. The van der Waals surface area contributed by atoms with Crippen molar-refractivity contribution in [1.82, 2.24) is 0 Å². The van der Waals surface area contributed by atoms with Crippen LogP contribution in [0.5, 0.6) is 0 Å². The number of carbonyl (C=O) groups is 3. The number of fused-ring (bicyclic) bond motifs is 2. The van der Waals surface area contributed by atoms with Gasteiger partial charge in [0.15, 0.2) is 11.6 Å². The second-order valence-corrected chi connectivity index (χ2v) is 13.2. The van der Waals surface area contributed by atoms with E-state index in [1.165, 1.54) is 5.57 Å². The van der Waals surface area contributed by atoms with Crippen LogP contribution in [0.1, 0.15) is 107 Å². The third kappa shape index (κ3) is 3.79. The Hall–Kier alpha value is -1.55. The van der Waals surface area contributed by atoms with E-state index in [-0.39, 0.29) is 34.3 Å². The first-order valence-electron chi connectivity index (χ1n) is 13.4. The van der Waals surface area contributed by atoms with Crippen molar-refractivity contribution in [3.63, 3.8) is 0 Å². The van der Waals surface area contributed by atoms with Crippen LogP contribution < -0.4 is 0 Å². The molecule has 3 aliphatic carbocycles. The summed E-state index contributed by atoms with van der Waals surface area (Å²) in [6, 6.07) is 0. The van der Waals surface area contributed by atoms with E-state index in [0.29, 0.717) is 24.7 Å². The zero-order chi connectivity index (χ0) is 25.3. The maximum atomic E-state index is 13.1. The fourth-order valence-corrected chi connectivity index (χ4v) is 7.96. The van der Waals surface area contributed by atoms with E-state index in [4.69, 9.17) is 4.74 Å². The molecule has 4 aliphatic rings. The molecule has 34 heavy (non-hydrogen) atoms. The third-order valence-electron chi connectivity index (χ3n) is 10.4. The van der Waals surface area contributed by atoms with E-state index in [2.05, 4.69) is 20.8 Å². The lowest BCUT2D eigenvalue weighted by molar-refractivity contribution is -0.165. The van der Waals surface area contributed by atoms with Gasteiger partial charge in [0.2, 0.25) is 0 Å². The summed E-state index contributed by atoms with van der Waals surface area (Å²) in [6.45, 7) is 16.8. The van der Waals surface area contributed by atoms with E-state index in [0.717, 1.165) is 49.7 Å². The van der Waals surface area contributed by atoms with Gasteiger partial charge in [0.1, 0.15) is 11.4 Å². The highest BCUT2D eigenvalue weighted by Crippen LogP contribution is 2.58. The predicted octanol–water partition coefficient (Wildman–Crippen LogP) is 6.57. The molecule has 4 heteroatoms. The van der Waals surface area contributed by atoms with E-state index in [1.54, 1.807) is 6.08 Å². The lowest BCUT2D eigenvalue weighted by Crippen LogP contribution is -2.49. The van der Waals surface area contributed by atoms with Gasteiger partial charge in [0, 0.05) is 23.7 Å². The first-order valence-corrected chi connectivity index (χ1v) is 13.4. The highest BCUT2D eigenvalue weighted by molar-refractivity contribution is 6.07. The highest BCUT2D eigenvalue weighted by atomic mass is 16.5. The fourth-order valence-electron chi connectivity index (χ4n) is 7.96. The van der Waals surface area contributed by atoms with Crippen LogP contribution in [-0.2, 0) is 19.1 Å². The average molecular weight is 469 g/mol. The van der Waals surface area contributed by atoms with Crippen LogP contribution >= 0.6 is 0 Å². The normalized spacial score (nSPS) is 39.8. The molecule has 0 aromatic carbocycles. The Morgan fingerprint density at radius 2 is 1.59 bits per heavy atom. The second kappa shape index (κ2) is 8.25. The molecule has 0 unspecified atom stereocenters. The van der Waals surface area contributed by atoms with Crippen LogP contribution in [0.4, 0.5) is 0 Å². The van der Waals surface area contributed by atoms with Crippen LogP contribution in [-0.4, -0.2) is 29.1 Å². The number of hydrogen-bond donors (Lipinski definition) is 0. The van der Waals surface area contributed by atoms with Gasteiger partial charge in [-0.3, -0.25) is 14.4 Å². The summed E-state index contributed by atoms with van der Waals surface area (Å²) in [4.78, 5) is 38.6. The Morgan fingerprint density at radius 1 is 0.941 bits per heavy atom. The van der Waals surface area contributed by atoms with E-state index in [9.17, 15) is 14.4 Å². The zero-order valence-electron chi connectivity index (χ0n) is 22.6. The molecule has 0 radical (unpaired) electrons. The Bertz CT molecular complexity index is 980. The number of allylic oxidation sites excluding steroid dienone is 4. The van der Waals surface area contributed by atoms with Crippen LogP contribution in [0, 0.1) is 28.1 Å². The van der Waals surface area contributed by atoms with Crippen LogP contribution in [0.15, 0.2) is 22.8 Å². The average Bonchev–Trinajstić information content (AvgIpc) is 2.84. The van der Waals surface area contributed by atoms with Crippen molar-refractivity contribution in [1.29, 1.82) is 0 Å². The van der Waals surface area contributed by atoms with Gasteiger partial charge in [-0.05, 0) is 108 Å². The molecule has 3 fully saturated rings. The quantitative estimate of drug-likeness (QED) is 0.470. The van der Waals surface area contributed by atoms with Gasteiger partial charge < -0.3 is 4.74 Å². The standard InChI is InChI=1S/C30H44O4/c1-18-9-12-26-30(8,16-14-25(33)28(5,6)34-26)20(18)10-11-21-19(2)22(31)17-23-27(3,4)24(32)13-15-29(21,23)7/h17-18,20,26H,9-16H2,1-8H3/t18-,20-,26+,29-,30+/m1/s1.